The Hall–Kier alpha value is -0.850. The van der Waals surface area contributed by atoms with Gasteiger partial charge in [0.05, 0.1) is 6.04 Å². The number of halogens is 1. The minimum Gasteiger partial charge on any atom is -0.356 e. The number of aryl methyl sites for hydroxylation is 1. The number of hydrogen-bond donors (Lipinski definition) is 2. The lowest BCUT2D eigenvalue weighted by molar-refractivity contribution is 0.249. The Kier molecular flexibility index (Phi) is 11.5. The second kappa shape index (κ2) is 13.5. The van der Waals surface area contributed by atoms with Gasteiger partial charge in [-0.3, -0.25) is 4.90 Å². The lowest BCUT2D eigenvalue weighted by atomic mass is 10.2. The van der Waals surface area contributed by atoms with Crippen LogP contribution in [-0.2, 0) is 13.6 Å². The van der Waals surface area contributed by atoms with Gasteiger partial charge in [0.25, 0.3) is 0 Å². The van der Waals surface area contributed by atoms with E-state index in [-0.39, 0.29) is 24.0 Å². The van der Waals surface area contributed by atoms with Crippen molar-refractivity contribution in [3.63, 3.8) is 0 Å². The average molecular weight is 564 g/mol. The van der Waals surface area contributed by atoms with Crippen LogP contribution < -0.4 is 10.6 Å². The first-order valence-electron chi connectivity index (χ1n) is 10.3. The fraction of sp³-hybridized carbons (Fsp3) is 0.650. The molecular weight excluding hydrogens is 529 g/mol. The minimum atomic E-state index is 0. The largest absolute Gasteiger partial charge is 0.356 e. The number of thiophene rings is 1. The van der Waals surface area contributed by atoms with Crippen LogP contribution in [-0.4, -0.2) is 63.8 Å². The number of thioether (sulfide) groups is 1. The van der Waals surface area contributed by atoms with Crippen LogP contribution >= 0.6 is 47.1 Å². The van der Waals surface area contributed by atoms with E-state index in [9.17, 15) is 0 Å². The summed E-state index contributed by atoms with van der Waals surface area (Å²) in [6, 6.07) is 4.79. The third kappa shape index (κ3) is 7.38. The van der Waals surface area contributed by atoms with Crippen molar-refractivity contribution in [3.8, 4) is 0 Å². The Morgan fingerprint density at radius 3 is 2.73 bits per heavy atom. The number of hydrogen-bond acceptors (Lipinski definition) is 6. The van der Waals surface area contributed by atoms with Crippen LogP contribution in [0.2, 0.25) is 0 Å². The molecule has 0 saturated carbocycles. The molecule has 7 nitrogen and oxygen atoms in total. The molecule has 0 amide bonds. The standard InChI is InChI=1S/C20H33N7S2.HI/c1-16-24-25-19(26(16)2)15-23-20(21-9-7-12-28-3)22-14-17(18-8-6-13-29-18)27-10-4-5-11-27;/h6,8,13,17H,4-5,7,9-12,14-15H2,1-3H3,(H2,21,22,23);1H. The Balaban J connectivity index is 0.00000320. The third-order valence-electron chi connectivity index (χ3n) is 5.29. The molecule has 2 aromatic heterocycles. The van der Waals surface area contributed by atoms with Gasteiger partial charge in [-0.05, 0) is 62.7 Å². The van der Waals surface area contributed by atoms with Crippen LogP contribution in [0.5, 0.6) is 0 Å². The third-order valence-corrected chi connectivity index (χ3v) is 6.97. The van der Waals surface area contributed by atoms with Crippen LogP contribution in [0.4, 0.5) is 0 Å². The molecule has 1 saturated heterocycles. The monoisotopic (exact) mass is 563 g/mol. The maximum Gasteiger partial charge on any atom is 0.191 e. The first kappa shape index (κ1) is 25.4. The summed E-state index contributed by atoms with van der Waals surface area (Å²) < 4.78 is 1.99. The molecule has 0 aromatic carbocycles. The highest BCUT2D eigenvalue weighted by Gasteiger charge is 2.24. The van der Waals surface area contributed by atoms with Crippen molar-refractivity contribution >= 4 is 53.0 Å². The lowest BCUT2D eigenvalue weighted by Crippen LogP contribution is -2.43. The summed E-state index contributed by atoms with van der Waals surface area (Å²) in [7, 11) is 1.99. The summed E-state index contributed by atoms with van der Waals surface area (Å²) in [6.45, 7) is 6.60. The van der Waals surface area contributed by atoms with E-state index in [2.05, 4.69) is 49.5 Å². The van der Waals surface area contributed by atoms with E-state index < -0.39 is 0 Å². The maximum absolute atomic E-state index is 4.79. The van der Waals surface area contributed by atoms with Crippen LogP contribution in [0.25, 0.3) is 0 Å². The molecule has 168 valence electrons. The Labute approximate surface area is 205 Å². The van der Waals surface area contributed by atoms with Gasteiger partial charge < -0.3 is 15.2 Å². The quantitative estimate of drug-likeness (QED) is 0.200. The Morgan fingerprint density at radius 2 is 2.10 bits per heavy atom. The number of aliphatic imine (C=N–C) groups is 1. The lowest BCUT2D eigenvalue weighted by Gasteiger charge is -2.27. The molecule has 1 fully saturated rings. The average Bonchev–Trinajstić information content (AvgIpc) is 3.49. The molecular formula is C20H34IN7S2. The number of aromatic nitrogens is 3. The Morgan fingerprint density at radius 1 is 1.30 bits per heavy atom. The molecule has 0 bridgehead atoms. The number of rotatable bonds is 10. The van der Waals surface area contributed by atoms with Gasteiger partial charge >= 0.3 is 0 Å². The second-order valence-corrected chi connectivity index (χ2v) is 9.28. The predicted molar refractivity (Wildman–Crippen MR) is 139 cm³/mol. The highest BCUT2D eigenvalue weighted by Crippen LogP contribution is 2.27. The van der Waals surface area contributed by atoms with E-state index in [4.69, 9.17) is 4.99 Å². The van der Waals surface area contributed by atoms with E-state index in [1.807, 2.05) is 41.6 Å². The Bertz CT molecular complexity index is 757. The SMILES string of the molecule is CSCCCNC(=NCc1nnc(C)n1C)NCC(c1cccs1)N1CCCC1.I. The molecule has 30 heavy (non-hydrogen) atoms. The molecule has 1 atom stereocenters. The van der Waals surface area contributed by atoms with Gasteiger partial charge in [0.2, 0.25) is 0 Å². The zero-order valence-corrected chi connectivity index (χ0v) is 22.1. The topological polar surface area (TPSA) is 70.4 Å². The second-order valence-electron chi connectivity index (χ2n) is 7.32. The van der Waals surface area contributed by atoms with Crippen LogP contribution in [0.3, 0.4) is 0 Å². The van der Waals surface area contributed by atoms with Crippen LogP contribution in [0.15, 0.2) is 22.5 Å². The summed E-state index contributed by atoms with van der Waals surface area (Å²) in [4.78, 5) is 8.81. The van der Waals surface area contributed by atoms with Gasteiger partial charge in [-0.25, -0.2) is 4.99 Å². The summed E-state index contributed by atoms with van der Waals surface area (Å²) in [6.07, 6.45) is 5.85. The summed E-state index contributed by atoms with van der Waals surface area (Å²) in [5.41, 5.74) is 0. The van der Waals surface area contributed by atoms with Gasteiger partial charge in [-0.2, -0.15) is 11.8 Å². The molecule has 1 aliphatic rings. The van der Waals surface area contributed by atoms with E-state index >= 15 is 0 Å². The van der Waals surface area contributed by atoms with Gasteiger partial charge in [0.15, 0.2) is 11.8 Å². The summed E-state index contributed by atoms with van der Waals surface area (Å²) in [5, 5.41) is 17.6. The van der Waals surface area contributed by atoms with Crippen molar-refractivity contribution in [2.75, 3.05) is 38.2 Å². The minimum absolute atomic E-state index is 0. The molecule has 1 unspecified atom stereocenters. The fourth-order valence-corrected chi connectivity index (χ4v) is 4.77. The highest BCUT2D eigenvalue weighted by atomic mass is 127. The van der Waals surface area contributed by atoms with E-state index in [1.165, 1.54) is 30.8 Å². The fourth-order valence-electron chi connectivity index (χ4n) is 3.47. The van der Waals surface area contributed by atoms with Gasteiger partial charge in [-0.1, -0.05) is 6.07 Å². The molecule has 10 heteroatoms. The highest BCUT2D eigenvalue weighted by molar-refractivity contribution is 14.0. The molecule has 0 spiro atoms. The number of guanidine groups is 1. The van der Waals surface area contributed by atoms with Crippen LogP contribution in [0, 0.1) is 6.92 Å². The molecule has 3 heterocycles. The van der Waals surface area contributed by atoms with Crippen LogP contribution in [0.1, 0.15) is 41.8 Å². The number of nitrogens with zero attached hydrogens (tertiary/aromatic N) is 5. The van der Waals surface area contributed by atoms with Crippen molar-refractivity contribution in [1.82, 2.24) is 30.3 Å². The number of nitrogens with one attached hydrogen (secondary N) is 2. The zero-order valence-electron chi connectivity index (χ0n) is 18.1. The van der Waals surface area contributed by atoms with E-state index in [0.29, 0.717) is 12.6 Å². The smallest absolute Gasteiger partial charge is 0.191 e. The van der Waals surface area contributed by atoms with Gasteiger partial charge in [0, 0.05) is 25.0 Å². The van der Waals surface area contributed by atoms with E-state index in [0.717, 1.165) is 42.9 Å². The predicted octanol–water partition coefficient (Wildman–Crippen LogP) is 3.43. The number of likely N-dealkylation sites (tertiary alicyclic amines) is 1. The first-order valence-corrected chi connectivity index (χ1v) is 12.6. The molecule has 1 aliphatic heterocycles. The molecule has 3 rings (SSSR count). The van der Waals surface area contributed by atoms with Crippen molar-refractivity contribution in [1.29, 1.82) is 0 Å². The summed E-state index contributed by atoms with van der Waals surface area (Å²) >= 11 is 3.72. The van der Waals surface area contributed by atoms with Crippen molar-refractivity contribution in [2.45, 2.75) is 38.8 Å². The van der Waals surface area contributed by atoms with E-state index in [1.54, 1.807) is 0 Å². The van der Waals surface area contributed by atoms with Gasteiger partial charge in [0.1, 0.15) is 12.4 Å². The molecule has 0 aliphatic carbocycles. The zero-order chi connectivity index (χ0) is 20.5. The summed E-state index contributed by atoms with van der Waals surface area (Å²) in [5.74, 6) is 3.79. The maximum atomic E-state index is 4.79. The molecule has 2 N–H and O–H groups in total. The first-order chi connectivity index (χ1) is 14.2. The van der Waals surface area contributed by atoms with Crippen molar-refractivity contribution < 1.29 is 0 Å². The molecule has 2 aromatic rings. The van der Waals surface area contributed by atoms with Gasteiger partial charge in [-0.15, -0.1) is 45.5 Å². The normalized spacial score (nSPS) is 15.8. The van der Waals surface area contributed by atoms with Crippen molar-refractivity contribution in [3.05, 3.63) is 34.0 Å². The van der Waals surface area contributed by atoms with Crippen molar-refractivity contribution in [2.24, 2.45) is 12.0 Å². The molecule has 0 radical (unpaired) electrons.